The van der Waals surface area contributed by atoms with E-state index >= 15 is 0 Å². The molecule has 0 saturated heterocycles. The molecule has 0 spiro atoms. The highest BCUT2D eigenvalue weighted by molar-refractivity contribution is 9.10. The van der Waals surface area contributed by atoms with Crippen LogP contribution in [0.2, 0.25) is 0 Å². The lowest BCUT2D eigenvalue weighted by Gasteiger charge is -2.33. The molecule has 1 saturated carbocycles. The van der Waals surface area contributed by atoms with Gasteiger partial charge >= 0.3 is 11.7 Å². The number of benzene rings is 2. The molecule has 0 bridgehead atoms. The van der Waals surface area contributed by atoms with Crippen molar-refractivity contribution in [3.05, 3.63) is 72.5 Å². The standard InChI is InChI=1S/C25H25BrN4O7/c1-13-10-15(11-14(2)20(13)36-16-6-7-18(31)17(26)12-16)30-24(35)28-21(32)19(29-30)22(33)37-25(23(27)34)8-4-3-5-9-25/h6-7,10-12,31H,3-5,8-9H2,1-2H3,(H2,27,34)(H,28,32,35). The van der Waals surface area contributed by atoms with Crippen molar-refractivity contribution in [2.45, 2.75) is 51.6 Å². The van der Waals surface area contributed by atoms with Gasteiger partial charge in [-0.3, -0.25) is 14.6 Å². The number of esters is 1. The zero-order valence-electron chi connectivity index (χ0n) is 20.2. The van der Waals surface area contributed by atoms with Gasteiger partial charge in [0.05, 0.1) is 10.2 Å². The Kier molecular flexibility index (Phi) is 7.21. The molecule has 4 N–H and O–H groups in total. The summed E-state index contributed by atoms with van der Waals surface area (Å²) in [5, 5.41) is 13.7. The van der Waals surface area contributed by atoms with E-state index in [2.05, 4.69) is 26.0 Å². The van der Waals surface area contributed by atoms with Crippen LogP contribution in [0.4, 0.5) is 0 Å². The molecule has 1 amide bonds. The summed E-state index contributed by atoms with van der Waals surface area (Å²) in [6.45, 7) is 3.51. The van der Waals surface area contributed by atoms with E-state index in [-0.39, 0.29) is 24.3 Å². The molecule has 3 aromatic rings. The molecule has 0 aliphatic heterocycles. The van der Waals surface area contributed by atoms with Gasteiger partial charge in [0, 0.05) is 0 Å². The van der Waals surface area contributed by atoms with Gasteiger partial charge in [-0.1, -0.05) is 6.42 Å². The van der Waals surface area contributed by atoms with E-state index in [0.29, 0.717) is 39.9 Å². The van der Waals surface area contributed by atoms with Crippen molar-refractivity contribution in [2.24, 2.45) is 5.73 Å². The Morgan fingerprint density at radius 2 is 1.76 bits per heavy atom. The highest BCUT2D eigenvalue weighted by Crippen LogP contribution is 2.35. The third kappa shape index (κ3) is 5.29. The molecule has 1 aromatic heterocycles. The fourth-order valence-electron chi connectivity index (χ4n) is 4.34. The Labute approximate surface area is 219 Å². The van der Waals surface area contributed by atoms with Crippen LogP contribution in [-0.4, -0.2) is 37.3 Å². The van der Waals surface area contributed by atoms with Crippen molar-refractivity contribution in [3.8, 4) is 22.9 Å². The molecule has 12 heteroatoms. The monoisotopic (exact) mass is 572 g/mol. The molecular weight excluding hydrogens is 548 g/mol. The SMILES string of the molecule is Cc1cc(-n2nc(C(=O)OC3(C(N)=O)CCCCC3)c(=O)[nH]c2=O)cc(C)c1Oc1ccc(O)c(Br)c1. The second-order valence-electron chi connectivity index (χ2n) is 8.95. The van der Waals surface area contributed by atoms with Crippen LogP contribution >= 0.6 is 15.9 Å². The average molecular weight is 573 g/mol. The molecular formula is C25H25BrN4O7. The van der Waals surface area contributed by atoms with Crippen LogP contribution in [0.25, 0.3) is 5.69 Å². The summed E-state index contributed by atoms with van der Waals surface area (Å²) < 4.78 is 12.7. The number of aromatic amines is 1. The summed E-state index contributed by atoms with van der Waals surface area (Å²) >= 11 is 3.24. The van der Waals surface area contributed by atoms with E-state index in [9.17, 15) is 24.3 Å². The first-order chi connectivity index (χ1) is 17.5. The van der Waals surface area contributed by atoms with Gasteiger partial charge in [-0.25, -0.2) is 9.59 Å². The predicted octanol–water partition coefficient (Wildman–Crippen LogP) is 3.14. The van der Waals surface area contributed by atoms with E-state index in [0.717, 1.165) is 11.1 Å². The molecule has 11 nitrogen and oxygen atoms in total. The molecule has 0 radical (unpaired) electrons. The van der Waals surface area contributed by atoms with E-state index in [1.807, 2.05) is 0 Å². The number of aromatic nitrogens is 3. The summed E-state index contributed by atoms with van der Waals surface area (Å²) in [6, 6.07) is 7.90. The Hall–Kier alpha value is -3.93. The predicted molar refractivity (Wildman–Crippen MR) is 136 cm³/mol. The average Bonchev–Trinajstić information content (AvgIpc) is 2.84. The summed E-state index contributed by atoms with van der Waals surface area (Å²) in [4.78, 5) is 52.1. The maximum absolute atomic E-state index is 12.9. The molecule has 0 unspecified atom stereocenters. The Balaban J connectivity index is 1.68. The van der Waals surface area contributed by atoms with Crippen LogP contribution in [-0.2, 0) is 9.53 Å². The van der Waals surface area contributed by atoms with Crippen LogP contribution in [0, 0.1) is 13.8 Å². The number of amides is 1. The van der Waals surface area contributed by atoms with Crippen LogP contribution in [0.5, 0.6) is 17.2 Å². The van der Waals surface area contributed by atoms with Gasteiger partial charge in [0.1, 0.15) is 17.2 Å². The topological polar surface area (TPSA) is 167 Å². The number of H-pyrrole nitrogens is 1. The summed E-state index contributed by atoms with van der Waals surface area (Å²) in [5.74, 6) is -0.868. The third-order valence-electron chi connectivity index (χ3n) is 6.25. The first kappa shape index (κ1) is 26.1. The zero-order valence-corrected chi connectivity index (χ0v) is 21.8. The number of carbonyl (C=O) groups excluding carboxylic acids is 2. The first-order valence-corrected chi connectivity index (χ1v) is 12.3. The summed E-state index contributed by atoms with van der Waals surface area (Å²) in [6.07, 6.45) is 2.67. The van der Waals surface area contributed by atoms with Crippen molar-refractivity contribution in [2.75, 3.05) is 0 Å². The molecule has 0 atom stereocenters. The van der Waals surface area contributed by atoms with Gasteiger partial charge in [0.25, 0.3) is 11.5 Å². The van der Waals surface area contributed by atoms with E-state index < -0.39 is 34.4 Å². The van der Waals surface area contributed by atoms with Crippen LogP contribution in [0.3, 0.4) is 0 Å². The zero-order chi connectivity index (χ0) is 26.9. The number of aryl methyl sites for hydroxylation is 2. The Morgan fingerprint density at radius 3 is 2.35 bits per heavy atom. The minimum atomic E-state index is -1.51. The van der Waals surface area contributed by atoms with Crippen molar-refractivity contribution < 1.29 is 24.2 Å². The van der Waals surface area contributed by atoms with Crippen LogP contribution < -0.4 is 21.7 Å². The van der Waals surface area contributed by atoms with Gasteiger partial charge < -0.3 is 20.3 Å². The number of primary amides is 1. The maximum Gasteiger partial charge on any atom is 0.365 e. The number of phenolic OH excluding ortho intramolecular Hbond substituents is 1. The Bertz CT molecular complexity index is 1480. The molecule has 1 aliphatic rings. The number of nitrogens with one attached hydrogen (secondary N) is 1. The molecule has 2 aromatic carbocycles. The summed E-state index contributed by atoms with van der Waals surface area (Å²) in [7, 11) is 0. The van der Waals surface area contributed by atoms with E-state index in [1.54, 1.807) is 38.1 Å². The molecule has 1 fully saturated rings. The van der Waals surface area contributed by atoms with Gasteiger partial charge in [-0.2, -0.15) is 9.78 Å². The lowest BCUT2D eigenvalue weighted by atomic mass is 9.84. The second kappa shape index (κ2) is 10.2. The molecule has 1 aliphatic carbocycles. The number of ether oxygens (including phenoxy) is 2. The third-order valence-corrected chi connectivity index (χ3v) is 6.88. The largest absolute Gasteiger partial charge is 0.507 e. The normalized spacial score (nSPS) is 14.7. The maximum atomic E-state index is 12.9. The number of halogens is 1. The van der Waals surface area contributed by atoms with Crippen LogP contribution in [0.15, 0.2) is 44.4 Å². The lowest BCUT2D eigenvalue weighted by Crippen LogP contribution is -2.50. The van der Waals surface area contributed by atoms with Gasteiger partial charge in [0.15, 0.2) is 5.60 Å². The second-order valence-corrected chi connectivity index (χ2v) is 9.81. The molecule has 37 heavy (non-hydrogen) atoms. The van der Waals surface area contributed by atoms with Gasteiger partial charge in [-0.15, -0.1) is 0 Å². The minimum absolute atomic E-state index is 0.0687. The van der Waals surface area contributed by atoms with Crippen molar-refractivity contribution in [3.63, 3.8) is 0 Å². The van der Waals surface area contributed by atoms with Gasteiger partial charge in [0.2, 0.25) is 5.69 Å². The van der Waals surface area contributed by atoms with Crippen molar-refractivity contribution >= 4 is 27.8 Å². The van der Waals surface area contributed by atoms with E-state index in [4.69, 9.17) is 15.2 Å². The number of nitrogens with two attached hydrogens (primary N) is 1. The quantitative estimate of drug-likeness (QED) is 0.378. The van der Waals surface area contributed by atoms with Gasteiger partial charge in [-0.05, 0) is 96.9 Å². The minimum Gasteiger partial charge on any atom is -0.507 e. The smallest absolute Gasteiger partial charge is 0.365 e. The number of aromatic hydroxyl groups is 1. The Morgan fingerprint density at radius 1 is 1.11 bits per heavy atom. The number of carbonyl (C=O) groups is 2. The lowest BCUT2D eigenvalue weighted by molar-refractivity contribution is -0.140. The molecule has 1 heterocycles. The van der Waals surface area contributed by atoms with E-state index in [1.165, 1.54) is 6.07 Å². The number of rotatable bonds is 6. The number of nitrogens with zero attached hydrogens (tertiary/aromatic N) is 2. The molecule has 4 rings (SSSR count). The highest BCUT2D eigenvalue weighted by atomic mass is 79.9. The first-order valence-electron chi connectivity index (χ1n) is 11.6. The van der Waals surface area contributed by atoms with Crippen LogP contribution in [0.1, 0.15) is 53.7 Å². The molecule has 194 valence electrons. The number of hydrogen-bond donors (Lipinski definition) is 3. The number of hydrogen-bond acceptors (Lipinski definition) is 8. The fraction of sp³-hybridized carbons (Fsp3) is 0.320. The van der Waals surface area contributed by atoms with Crippen molar-refractivity contribution in [1.29, 1.82) is 0 Å². The number of phenols is 1. The van der Waals surface area contributed by atoms with Crippen molar-refractivity contribution in [1.82, 2.24) is 14.8 Å². The fourth-order valence-corrected chi connectivity index (χ4v) is 4.69. The highest BCUT2D eigenvalue weighted by Gasteiger charge is 2.42. The summed E-state index contributed by atoms with van der Waals surface area (Å²) in [5.41, 5.74) is 2.99.